The van der Waals surface area contributed by atoms with Gasteiger partial charge in [-0.3, -0.25) is 4.98 Å². The summed E-state index contributed by atoms with van der Waals surface area (Å²) in [5, 5.41) is 3.68. The first-order valence-electron chi connectivity index (χ1n) is 10.6. The van der Waals surface area contributed by atoms with Crippen LogP contribution in [0.25, 0.3) is 11.4 Å². The average Bonchev–Trinajstić information content (AvgIpc) is 3.28. The first kappa shape index (κ1) is 18.3. The van der Waals surface area contributed by atoms with E-state index in [0.29, 0.717) is 5.92 Å². The molecule has 2 unspecified atom stereocenters. The second-order valence-electron chi connectivity index (χ2n) is 7.90. The zero-order valence-electron chi connectivity index (χ0n) is 16.6. The second kappa shape index (κ2) is 8.29. The van der Waals surface area contributed by atoms with E-state index in [1.165, 1.54) is 16.8 Å². The minimum Gasteiger partial charge on any atom is -0.373 e. The van der Waals surface area contributed by atoms with Gasteiger partial charge in [-0.15, -0.1) is 0 Å². The van der Waals surface area contributed by atoms with Gasteiger partial charge in [-0.25, -0.2) is 9.97 Å². The highest BCUT2D eigenvalue weighted by Gasteiger charge is 2.28. The molecule has 148 valence electrons. The van der Waals surface area contributed by atoms with E-state index < -0.39 is 0 Å². The van der Waals surface area contributed by atoms with Gasteiger partial charge in [-0.1, -0.05) is 30.3 Å². The van der Waals surface area contributed by atoms with Crippen LogP contribution in [-0.2, 0) is 17.6 Å². The minimum atomic E-state index is 0.145. The van der Waals surface area contributed by atoms with Crippen LogP contribution in [0.5, 0.6) is 0 Å². The third kappa shape index (κ3) is 3.87. The summed E-state index contributed by atoms with van der Waals surface area (Å²) in [5.74, 6) is 2.22. The predicted octanol–water partition coefficient (Wildman–Crippen LogP) is 4.61. The molecule has 0 amide bonds. The highest BCUT2D eigenvalue weighted by molar-refractivity contribution is 5.60. The van der Waals surface area contributed by atoms with Crippen LogP contribution < -0.4 is 5.32 Å². The molecule has 1 aliphatic carbocycles. The second-order valence-corrected chi connectivity index (χ2v) is 7.90. The monoisotopic (exact) mass is 386 g/mol. The van der Waals surface area contributed by atoms with Crippen molar-refractivity contribution < 1.29 is 4.74 Å². The Kier molecular flexibility index (Phi) is 5.22. The molecule has 29 heavy (non-hydrogen) atoms. The summed E-state index contributed by atoms with van der Waals surface area (Å²) in [6.45, 7) is 1.70. The van der Waals surface area contributed by atoms with Crippen LogP contribution in [-0.4, -0.2) is 28.1 Å². The lowest BCUT2D eigenvalue weighted by Crippen LogP contribution is -2.28. The largest absolute Gasteiger partial charge is 0.373 e. The van der Waals surface area contributed by atoms with Crippen LogP contribution in [0.2, 0.25) is 0 Å². The summed E-state index contributed by atoms with van der Waals surface area (Å²) in [6, 6.07) is 14.5. The first-order chi connectivity index (χ1) is 14.4. The number of hydrogen-bond acceptors (Lipinski definition) is 5. The SMILES string of the molecule is c1ccc(C2OCCCC2CNc2nc(-c3ccncc3)nc3c2CCC3)cc1. The highest BCUT2D eigenvalue weighted by Crippen LogP contribution is 2.35. The fourth-order valence-corrected chi connectivity index (χ4v) is 4.50. The van der Waals surface area contributed by atoms with Crippen molar-refractivity contribution in [2.45, 2.75) is 38.2 Å². The number of ether oxygens (including phenoxy) is 1. The molecule has 5 nitrogen and oxygen atoms in total. The first-order valence-corrected chi connectivity index (χ1v) is 10.6. The van der Waals surface area contributed by atoms with E-state index in [-0.39, 0.29) is 6.10 Å². The summed E-state index contributed by atoms with van der Waals surface area (Å²) in [5.41, 5.74) is 4.76. The van der Waals surface area contributed by atoms with Crippen molar-refractivity contribution in [2.75, 3.05) is 18.5 Å². The van der Waals surface area contributed by atoms with Crippen LogP contribution in [0, 0.1) is 5.92 Å². The molecule has 1 N–H and O–H groups in total. The summed E-state index contributed by atoms with van der Waals surface area (Å²) in [7, 11) is 0. The van der Waals surface area contributed by atoms with E-state index in [2.05, 4.69) is 40.6 Å². The number of hydrogen-bond donors (Lipinski definition) is 1. The molecule has 2 aromatic heterocycles. The Morgan fingerprint density at radius 2 is 1.83 bits per heavy atom. The number of nitrogens with zero attached hydrogens (tertiary/aromatic N) is 3. The zero-order valence-corrected chi connectivity index (χ0v) is 16.6. The van der Waals surface area contributed by atoms with Crippen LogP contribution in [0.15, 0.2) is 54.9 Å². The fraction of sp³-hybridized carbons (Fsp3) is 0.375. The van der Waals surface area contributed by atoms with E-state index in [1.54, 1.807) is 12.4 Å². The van der Waals surface area contributed by atoms with E-state index in [1.807, 2.05) is 12.1 Å². The Balaban J connectivity index is 1.39. The quantitative estimate of drug-likeness (QED) is 0.694. The van der Waals surface area contributed by atoms with Crippen LogP contribution >= 0.6 is 0 Å². The van der Waals surface area contributed by atoms with Gasteiger partial charge in [0.2, 0.25) is 0 Å². The summed E-state index contributed by atoms with van der Waals surface area (Å²) in [6.07, 6.45) is 9.24. The van der Waals surface area contributed by atoms with Gasteiger partial charge in [0, 0.05) is 48.3 Å². The lowest BCUT2D eigenvalue weighted by molar-refractivity contribution is -0.0238. The Labute approximate surface area is 171 Å². The summed E-state index contributed by atoms with van der Waals surface area (Å²) < 4.78 is 6.17. The molecular formula is C24H26N4O. The number of nitrogens with one attached hydrogen (secondary N) is 1. The van der Waals surface area contributed by atoms with Crippen molar-refractivity contribution in [2.24, 2.45) is 5.92 Å². The third-order valence-corrected chi connectivity index (χ3v) is 5.98. The van der Waals surface area contributed by atoms with Crippen LogP contribution in [0.3, 0.4) is 0 Å². The van der Waals surface area contributed by atoms with E-state index in [4.69, 9.17) is 14.7 Å². The maximum atomic E-state index is 6.17. The van der Waals surface area contributed by atoms with Gasteiger partial charge in [-0.2, -0.15) is 0 Å². The zero-order chi connectivity index (χ0) is 19.5. The number of fused-ring (bicyclic) bond motifs is 1. The van der Waals surface area contributed by atoms with E-state index in [9.17, 15) is 0 Å². The standard InChI is InChI=1S/C24H26N4O/c1-2-6-17(7-3-1)22-19(8-5-15-29-22)16-26-24-20-9-4-10-21(20)27-23(28-24)18-11-13-25-14-12-18/h1-3,6-7,11-14,19,22H,4-5,8-10,15-16H2,(H,26,27,28). The normalized spacial score (nSPS) is 21.0. The van der Waals surface area contributed by atoms with Crippen molar-refractivity contribution in [3.05, 3.63) is 71.7 Å². The molecule has 1 aromatic carbocycles. The average molecular weight is 386 g/mol. The van der Waals surface area contributed by atoms with Gasteiger partial charge in [0.15, 0.2) is 5.82 Å². The summed E-state index contributed by atoms with van der Waals surface area (Å²) in [4.78, 5) is 13.9. The molecule has 2 atom stereocenters. The topological polar surface area (TPSA) is 59.9 Å². The molecule has 2 aliphatic rings. The lowest BCUT2D eigenvalue weighted by atomic mass is 9.89. The molecular weight excluding hydrogens is 360 g/mol. The van der Waals surface area contributed by atoms with Crippen molar-refractivity contribution in [1.29, 1.82) is 0 Å². The van der Waals surface area contributed by atoms with Gasteiger partial charge in [0.05, 0.1) is 6.10 Å². The molecule has 0 bridgehead atoms. The Hall–Kier alpha value is -2.79. The van der Waals surface area contributed by atoms with Crippen molar-refractivity contribution in [1.82, 2.24) is 15.0 Å². The number of aromatic nitrogens is 3. The Bertz CT molecular complexity index is 961. The number of benzene rings is 1. The van der Waals surface area contributed by atoms with Gasteiger partial charge in [-0.05, 0) is 49.8 Å². The molecule has 3 heterocycles. The lowest BCUT2D eigenvalue weighted by Gasteiger charge is -2.32. The van der Waals surface area contributed by atoms with Crippen LogP contribution in [0.1, 0.15) is 42.2 Å². The van der Waals surface area contributed by atoms with E-state index in [0.717, 1.165) is 62.5 Å². The fourth-order valence-electron chi connectivity index (χ4n) is 4.50. The number of anilines is 1. The van der Waals surface area contributed by atoms with Gasteiger partial charge in [0.1, 0.15) is 5.82 Å². The summed E-state index contributed by atoms with van der Waals surface area (Å²) >= 11 is 0. The van der Waals surface area contributed by atoms with E-state index >= 15 is 0 Å². The number of aryl methyl sites for hydroxylation is 1. The van der Waals surface area contributed by atoms with Gasteiger partial charge < -0.3 is 10.1 Å². The molecule has 1 aliphatic heterocycles. The highest BCUT2D eigenvalue weighted by atomic mass is 16.5. The molecule has 5 rings (SSSR count). The maximum Gasteiger partial charge on any atom is 0.161 e. The molecule has 1 saturated heterocycles. The molecule has 0 radical (unpaired) electrons. The Morgan fingerprint density at radius 3 is 2.69 bits per heavy atom. The molecule has 1 fully saturated rings. The molecule has 5 heteroatoms. The Morgan fingerprint density at radius 1 is 0.966 bits per heavy atom. The van der Waals surface area contributed by atoms with Gasteiger partial charge >= 0.3 is 0 Å². The number of rotatable bonds is 5. The van der Waals surface area contributed by atoms with Crippen molar-refractivity contribution in [3.8, 4) is 11.4 Å². The molecule has 0 spiro atoms. The third-order valence-electron chi connectivity index (χ3n) is 5.98. The predicted molar refractivity (Wildman–Crippen MR) is 114 cm³/mol. The van der Waals surface area contributed by atoms with Crippen molar-refractivity contribution >= 4 is 5.82 Å². The van der Waals surface area contributed by atoms with Crippen LogP contribution in [0.4, 0.5) is 5.82 Å². The number of pyridine rings is 1. The van der Waals surface area contributed by atoms with Gasteiger partial charge in [0.25, 0.3) is 0 Å². The molecule has 0 saturated carbocycles. The van der Waals surface area contributed by atoms with Crippen molar-refractivity contribution in [3.63, 3.8) is 0 Å². The molecule has 3 aromatic rings. The minimum absolute atomic E-state index is 0.145. The maximum absolute atomic E-state index is 6.17. The smallest absolute Gasteiger partial charge is 0.161 e.